The molecule has 19 heavy (non-hydrogen) atoms. The lowest BCUT2D eigenvalue weighted by Gasteiger charge is -2.41. The predicted octanol–water partition coefficient (Wildman–Crippen LogP) is 4.04. The average molecular weight is 261 g/mol. The van der Waals surface area contributed by atoms with Crippen molar-refractivity contribution in [3.05, 3.63) is 0 Å². The van der Waals surface area contributed by atoms with Gasteiger partial charge in [-0.05, 0) is 73.0 Å². The largest absolute Gasteiger partial charge is 0.302 e. The molecular formula is C18H31N. The second-order valence-electron chi connectivity index (χ2n) is 8.77. The maximum Gasteiger partial charge on any atom is 0.00416 e. The minimum absolute atomic E-state index is 0.823. The van der Waals surface area contributed by atoms with Crippen LogP contribution < -0.4 is 0 Å². The van der Waals surface area contributed by atoms with Crippen LogP contribution in [0.25, 0.3) is 0 Å². The SMILES string of the molecule is CC(C)C1CCC(CN2CC3C4CCC3(C4)C2)C1C. The van der Waals surface area contributed by atoms with E-state index in [1.54, 1.807) is 19.3 Å². The Balaban J connectivity index is 1.36. The van der Waals surface area contributed by atoms with Crippen LogP contribution in [0.2, 0.25) is 0 Å². The van der Waals surface area contributed by atoms with E-state index in [0.29, 0.717) is 0 Å². The summed E-state index contributed by atoms with van der Waals surface area (Å²) in [6.45, 7) is 11.7. The van der Waals surface area contributed by atoms with Crippen LogP contribution in [0.1, 0.15) is 52.9 Å². The number of likely N-dealkylation sites (tertiary alicyclic amines) is 1. The van der Waals surface area contributed by atoms with Crippen LogP contribution in [-0.4, -0.2) is 24.5 Å². The molecule has 0 amide bonds. The minimum atomic E-state index is 0.823. The van der Waals surface area contributed by atoms with Gasteiger partial charge in [0.1, 0.15) is 0 Å². The molecule has 0 aromatic rings. The third-order valence-electron chi connectivity index (χ3n) is 7.67. The fourth-order valence-corrected chi connectivity index (χ4v) is 6.56. The van der Waals surface area contributed by atoms with E-state index in [-0.39, 0.29) is 0 Å². The quantitative estimate of drug-likeness (QED) is 0.741. The molecule has 108 valence electrons. The van der Waals surface area contributed by atoms with Crippen LogP contribution in [0.15, 0.2) is 0 Å². The number of hydrogen-bond donors (Lipinski definition) is 0. The number of fused-ring (bicyclic) bond motifs is 1. The molecule has 1 nitrogen and oxygen atoms in total. The maximum absolute atomic E-state index is 2.87. The summed E-state index contributed by atoms with van der Waals surface area (Å²) in [5, 5.41) is 0. The Bertz CT molecular complexity index is 359. The van der Waals surface area contributed by atoms with Crippen LogP contribution in [0.3, 0.4) is 0 Å². The van der Waals surface area contributed by atoms with Gasteiger partial charge in [-0.2, -0.15) is 0 Å². The van der Waals surface area contributed by atoms with Gasteiger partial charge in [-0.25, -0.2) is 0 Å². The predicted molar refractivity (Wildman–Crippen MR) is 79.9 cm³/mol. The van der Waals surface area contributed by atoms with E-state index in [4.69, 9.17) is 0 Å². The van der Waals surface area contributed by atoms with E-state index in [9.17, 15) is 0 Å². The highest BCUT2D eigenvalue weighted by Gasteiger charge is 2.62. The third kappa shape index (κ3) is 1.76. The molecule has 1 saturated heterocycles. The summed E-state index contributed by atoms with van der Waals surface area (Å²) < 4.78 is 0. The summed E-state index contributed by atoms with van der Waals surface area (Å²) >= 11 is 0. The third-order valence-corrected chi connectivity index (χ3v) is 7.67. The summed E-state index contributed by atoms with van der Waals surface area (Å²) in [5.74, 6) is 6.11. The summed E-state index contributed by atoms with van der Waals surface area (Å²) in [6.07, 6.45) is 7.71. The van der Waals surface area contributed by atoms with Crippen LogP contribution >= 0.6 is 0 Å². The van der Waals surface area contributed by atoms with Gasteiger partial charge in [-0.1, -0.05) is 20.8 Å². The lowest BCUT2D eigenvalue weighted by atomic mass is 9.62. The molecule has 5 rings (SSSR count). The zero-order valence-corrected chi connectivity index (χ0v) is 13.1. The van der Waals surface area contributed by atoms with Crippen molar-refractivity contribution >= 4 is 0 Å². The average Bonchev–Trinajstić information content (AvgIpc) is 3.04. The zero-order valence-electron chi connectivity index (χ0n) is 13.1. The Kier molecular flexibility index (Phi) is 2.82. The second kappa shape index (κ2) is 4.23. The first-order valence-electron chi connectivity index (χ1n) is 8.81. The van der Waals surface area contributed by atoms with Crippen molar-refractivity contribution < 1.29 is 0 Å². The van der Waals surface area contributed by atoms with Gasteiger partial charge in [0.15, 0.2) is 0 Å². The van der Waals surface area contributed by atoms with Gasteiger partial charge in [0.05, 0.1) is 0 Å². The zero-order chi connectivity index (χ0) is 13.2. The molecule has 4 saturated carbocycles. The molecule has 6 atom stereocenters. The molecule has 0 aromatic heterocycles. The van der Waals surface area contributed by atoms with Crippen LogP contribution in [0.5, 0.6) is 0 Å². The molecule has 2 bridgehead atoms. The maximum atomic E-state index is 2.87. The molecule has 0 N–H and O–H groups in total. The smallest absolute Gasteiger partial charge is 0.00416 e. The van der Waals surface area contributed by atoms with Gasteiger partial charge >= 0.3 is 0 Å². The van der Waals surface area contributed by atoms with Crippen molar-refractivity contribution in [1.29, 1.82) is 0 Å². The lowest BCUT2D eigenvalue weighted by Crippen LogP contribution is -2.38. The molecule has 1 heterocycles. The Morgan fingerprint density at radius 2 is 2.05 bits per heavy atom. The number of nitrogens with zero attached hydrogens (tertiary/aromatic N) is 1. The standard InChI is InChI=1S/C18H31N/c1-12(2)16-5-4-15(13(16)3)9-19-10-17-14-6-7-18(17,8-14)11-19/h12-17H,4-11H2,1-3H3. The first-order valence-corrected chi connectivity index (χ1v) is 8.81. The Morgan fingerprint density at radius 3 is 2.68 bits per heavy atom. The summed E-state index contributed by atoms with van der Waals surface area (Å²) in [5.41, 5.74) is 0.823. The molecule has 6 unspecified atom stereocenters. The Labute approximate surface area is 119 Å². The molecule has 5 aliphatic rings. The van der Waals surface area contributed by atoms with Gasteiger partial charge in [0.25, 0.3) is 0 Å². The van der Waals surface area contributed by atoms with Crippen molar-refractivity contribution in [1.82, 2.24) is 4.90 Å². The molecule has 1 aliphatic heterocycles. The number of hydrogen-bond acceptors (Lipinski definition) is 1. The van der Waals surface area contributed by atoms with E-state index in [1.807, 2.05) is 0 Å². The van der Waals surface area contributed by atoms with Crippen molar-refractivity contribution in [3.63, 3.8) is 0 Å². The first kappa shape index (κ1) is 12.7. The fourth-order valence-electron chi connectivity index (χ4n) is 6.56. The van der Waals surface area contributed by atoms with E-state index in [1.165, 1.54) is 32.5 Å². The highest BCUT2D eigenvalue weighted by atomic mass is 15.2. The van der Waals surface area contributed by atoms with Crippen molar-refractivity contribution in [3.8, 4) is 0 Å². The van der Waals surface area contributed by atoms with Crippen LogP contribution in [-0.2, 0) is 0 Å². The summed E-state index contributed by atoms with van der Waals surface area (Å²) in [4.78, 5) is 2.87. The van der Waals surface area contributed by atoms with Crippen LogP contribution in [0.4, 0.5) is 0 Å². The normalized spacial score (nSPS) is 52.7. The summed E-state index contributed by atoms with van der Waals surface area (Å²) in [6, 6.07) is 0. The molecule has 1 spiro atoms. The monoisotopic (exact) mass is 261 g/mol. The highest BCUT2D eigenvalue weighted by molar-refractivity contribution is 5.13. The Hall–Kier alpha value is -0.0400. The highest BCUT2D eigenvalue weighted by Crippen LogP contribution is 2.66. The molecular weight excluding hydrogens is 230 g/mol. The van der Waals surface area contributed by atoms with E-state index >= 15 is 0 Å². The minimum Gasteiger partial charge on any atom is -0.302 e. The second-order valence-corrected chi connectivity index (χ2v) is 8.77. The van der Waals surface area contributed by atoms with Crippen molar-refractivity contribution in [2.24, 2.45) is 40.9 Å². The first-order chi connectivity index (χ1) is 9.09. The van der Waals surface area contributed by atoms with E-state index < -0.39 is 0 Å². The van der Waals surface area contributed by atoms with Crippen LogP contribution in [0, 0.1) is 40.9 Å². The molecule has 1 heteroatoms. The Morgan fingerprint density at radius 1 is 1.21 bits per heavy atom. The van der Waals surface area contributed by atoms with Gasteiger partial charge in [0.2, 0.25) is 0 Å². The van der Waals surface area contributed by atoms with E-state index in [2.05, 4.69) is 25.7 Å². The fraction of sp³-hybridized carbons (Fsp3) is 1.00. The van der Waals surface area contributed by atoms with Crippen molar-refractivity contribution in [2.45, 2.75) is 52.9 Å². The van der Waals surface area contributed by atoms with Gasteiger partial charge in [0, 0.05) is 19.6 Å². The van der Waals surface area contributed by atoms with E-state index in [0.717, 1.165) is 40.9 Å². The molecule has 0 radical (unpaired) electrons. The molecule has 5 fully saturated rings. The summed E-state index contributed by atoms with van der Waals surface area (Å²) in [7, 11) is 0. The van der Waals surface area contributed by atoms with Gasteiger partial charge < -0.3 is 4.90 Å². The number of rotatable bonds is 3. The molecule has 4 aliphatic carbocycles. The molecule has 0 aromatic carbocycles. The van der Waals surface area contributed by atoms with Crippen molar-refractivity contribution in [2.75, 3.05) is 19.6 Å². The van der Waals surface area contributed by atoms with Gasteiger partial charge in [-0.3, -0.25) is 0 Å². The van der Waals surface area contributed by atoms with Gasteiger partial charge in [-0.15, -0.1) is 0 Å². The lowest BCUT2D eigenvalue weighted by molar-refractivity contribution is 0.0866. The topological polar surface area (TPSA) is 3.24 Å².